The number of nitrogens with zero attached hydrogens (tertiary/aromatic N) is 2. The number of ether oxygens (including phenoxy) is 1. The van der Waals surface area contributed by atoms with Crippen molar-refractivity contribution in [3.05, 3.63) is 89.0 Å². The van der Waals surface area contributed by atoms with Crippen molar-refractivity contribution in [1.29, 1.82) is 0 Å². The monoisotopic (exact) mass is 469 g/mol. The van der Waals surface area contributed by atoms with E-state index in [0.29, 0.717) is 22.6 Å². The topological polar surface area (TPSA) is 61.9 Å². The molecule has 0 spiro atoms. The van der Waals surface area contributed by atoms with Crippen LogP contribution in [0, 0.1) is 0 Å². The van der Waals surface area contributed by atoms with Gasteiger partial charge in [-0.3, -0.25) is 9.59 Å². The first-order valence-electron chi connectivity index (χ1n) is 12.3. The normalized spacial score (nSPS) is 15.3. The van der Waals surface area contributed by atoms with Crippen LogP contribution >= 0.6 is 0 Å². The number of amides is 2. The molecular formula is C29H31N3O3. The number of benzene rings is 3. The van der Waals surface area contributed by atoms with Gasteiger partial charge in [0.2, 0.25) is 0 Å². The zero-order valence-corrected chi connectivity index (χ0v) is 20.1. The van der Waals surface area contributed by atoms with Gasteiger partial charge in [-0.2, -0.15) is 0 Å². The number of fused-ring (bicyclic) bond motifs is 1. The Morgan fingerprint density at radius 3 is 2.34 bits per heavy atom. The van der Waals surface area contributed by atoms with Crippen LogP contribution in [0.5, 0.6) is 5.75 Å². The Kier molecular flexibility index (Phi) is 6.70. The molecule has 0 bridgehead atoms. The van der Waals surface area contributed by atoms with E-state index in [0.717, 1.165) is 57.5 Å². The summed E-state index contributed by atoms with van der Waals surface area (Å²) in [6.45, 7) is 3.19. The second-order valence-electron chi connectivity index (χ2n) is 9.21. The average Bonchev–Trinajstić information content (AvgIpc) is 2.93. The second-order valence-corrected chi connectivity index (χ2v) is 9.21. The number of piperidine rings is 1. The van der Waals surface area contributed by atoms with Crippen molar-refractivity contribution in [1.82, 2.24) is 4.90 Å². The van der Waals surface area contributed by atoms with Gasteiger partial charge in [-0.15, -0.1) is 0 Å². The van der Waals surface area contributed by atoms with Crippen molar-refractivity contribution < 1.29 is 14.3 Å². The van der Waals surface area contributed by atoms with Gasteiger partial charge in [0.15, 0.2) is 0 Å². The lowest BCUT2D eigenvalue weighted by molar-refractivity contribution is 0.0724. The maximum Gasteiger partial charge on any atom is 0.256 e. The number of methoxy groups -OCH3 is 1. The molecular weight excluding hydrogens is 438 g/mol. The largest absolute Gasteiger partial charge is 0.497 e. The Morgan fingerprint density at radius 2 is 1.60 bits per heavy atom. The molecule has 0 aliphatic carbocycles. The van der Waals surface area contributed by atoms with Crippen LogP contribution in [0.3, 0.4) is 0 Å². The van der Waals surface area contributed by atoms with E-state index >= 15 is 0 Å². The van der Waals surface area contributed by atoms with E-state index in [2.05, 4.69) is 34.5 Å². The molecule has 0 radical (unpaired) electrons. The number of hydrogen-bond acceptors (Lipinski definition) is 4. The van der Waals surface area contributed by atoms with E-state index in [1.165, 1.54) is 11.1 Å². The number of likely N-dealkylation sites (tertiary alicyclic amines) is 1. The summed E-state index contributed by atoms with van der Waals surface area (Å²) in [6, 6.07) is 21.2. The van der Waals surface area contributed by atoms with Gasteiger partial charge in [0.25, 0.3) is 11.8 Å². The zero-order chi connectivity index (χ0) is 24.2. The molecule has 5 rings (SSSR count). The fraction of sp³-hybridized carbons (Fsp3) is 0.310. The molecule has 2 aliphatic rings. The molecule has 1 saturated heterocycles. The Morgan fingerprint density at radius 1 is 0.857 bits per heavy atom. The maximum absolute atomic E-state index is 13.7. The van der Waals surface area contributed by atoms with E-state index in [1.54, 1.807) is 31.4 Å². The summed E-state index contributed by atoms with van der Waals surface area (Å²) in [4.78, 5) is 30.8. The summed E-state index contributed by atoms with van der Waals surface area (Å²) in [6.07, 6.45) is 4.18. The number of rotatable bonds is 5. The highest BCUT2D eigenvalue weighted by Gasteiger charge is 2.26. The third-order valence-electron chi connectivity index (χ3n) is 6.95. The lowest BCUT2D eigenvalue weighted by Crippen LogP contribution is -2.38. The summed E-state index contributed by atoms with van der Waals surface area (Å²) in [5.41, 5.74) is 5.40. The fourth-order valence-corrected chi connectivity index (χ4v) is 4.98. The third-order valence-corrected chi connectivity index (χ3v) is 6.95. The van der Waals surface area contributed by atoms with Crippen molar-refractivity contribution in [3.8, 4) is 5.75 Å². The molecule has 3 aromatic carbocycles. The molecule has 0 saturated carbocycles. The molecule has 2 heterocycles. The van der Waals surface area contributed by atoms with Crippen molar-refractivity contribution >= 4 is 23.2 Å². The predicted octanol–water partition coefficient (Wildman–Crippen LogP) is 5.14. The quantitative estimate of drug-likeness (QED) is 0.562. The molecule has 3 aromatic rings. The van der Waals surface area contributed by atoms with Gasteiger partial charge in [-0.25, -0.2) is 0 Å². The van der Waals surface area contributed by atoms with Gasteiger partial charge in [0.1, 0.15) is 5.75 Å². The standard InChI is InChI=1S/C29H31N3O3/c1-35-25-12-9-22(10-13-25)28(33)30-24-11-14-27(26(19-24)29(34)31-16-5-2-6-17-31)32-18-15-21-7-3-4-8-23(21)20-32/h3-4,7-14,19H,2,5-6,15-18,20H2,1H3,(H,30,33). The molecule has 0 unspecified atom stereocenters. The number of carbonyl (C=O) groups is 2. The summed E-state index contributed by atoms with van der Waals surface area (Å²) in [5.74, 6) is 0.520. The second kappa shape index (κ2) is 10.2. The van der Waals surface area contributed by atoms with Gasteiger partial charge in [0, 0.05) is 43.1 Å². The van der Waals surface area contributed by atoms with Crippen molar-refractivity contribution in [2.45, 2.75) is 32.2 Å². The zero-order valence-electron chi connectivity index (χ0n) is 20.1. The third kappa shape index (κ3) is 5.02. The smallest absolute Gasteiger partial charge is 0.256 e. The molecule has 35 heavy (non-hydrogen) atoms. The highest BCUT2D eigenvalue weighted by atomic mass is 16.5. The predicted molar refractivity (Wildman–Crippen MR) is 138 cm³/mol. The molecule has 180 valence electrons. The molecule has 6 heteroatoms. The minimum absolute atomic E-state index is 0.0408. The first kappa shape index (κ1) is 23.0. The van der Waals surface area contributed by atoms with E-state index in [1.807, 2.05) is 23.1 Å². The summed E-state index contributed by atoms with van der Waals surface area (Å²) >= 11 is 0. The molecule has 0 atom stereocenters. The van der Waals surface area contributed by atoms with Gasteiger partial charge >= 0.3 is 0 Å². The van der Waals surface area contributed by atoms with Crippen LogP contribution in [-0.2, 0) is 13.0 Å². The molecule has 6 nitrogen and oxygen atoms in total. The maximum atomic E-state index is 13.7. The van der Waals surface area contributed by atoms with Gasteiger partial charge in [-0.05, 0) is 79.3 Å². The minimum atomic E-state index is -0.219. The fourth-order valence-electron chi connectivity index (χ4n) is 4.98. The number of hydrogen-bond donors (Lipinski definition) is 1. The first-order valence-corrected chi connectivity index (χ1v) is 12.3. The SMILES string of the molecule is COc1ccc(C(=O)Nc2ccc(N3CCc4ccccc4C3)c(C(=O)N3CCCCC3)c2)cc1. The van der Waals surface area contributed by atoms with E-state index in [4.69, 9.17) is 4.74 Å². The number of anilines is 2. The Hall–Kier alpha value is -3.80. The molecule has 1 fully saturated rings. The van der Waals surface area contributed by atoms with Gasteiger partial charge < -0.3 is 19.9 Å². The Balaban J connectivity index is 1.43. The summed E-state index contributed by atoms with van der Waals surface area (Å²) in [5, 5.41) is 2.97. The Bertz CT molecular complexity index is 1220. The molecule has 0 aromatic heterocycles. The van der Waals surface area contributed by atoms with E-state index in [-0.39, 0.29) is 11.8 Å². The van der Waals surface area contributed by atoms with Crippen LogP contribution in [0.25, 0.3) is 0 Å². The van der Waals surface area contributed by atoms with E-state index in [9.17, 15) is 9.59 Å². The minimum Gasteiger partial charge on any atom is -0.497 e. The molecule has 2 amide bonds. The van der Waals surface area contributed by atoms with Crippen LogP contribution in [0.2, 0.25) is 0 Å². The van der Waals surface area contributed by atoms with Crippen molar-refractivity contribution in [3.63, 3.8) is 0 Å². The first-order chi connectivity index (χ1) is 17.1. The van der Waals surface area contributed by atoms with Crippen LogP contribution in [0.15, 0.2) is 66.7 Å². The summed E-state index contributed by atoms with van der Waals surface area (Å²) < 4.78 is 5.18. The van der Waals surface area contributed by atoms with Crippen LogP contribution < -0.4 is 15.0 Å². The lowest BCUT2D eigenvalue weighted by atomic mass is 9.98. The highest BCUT2D eigenvalue weighted by molar-refractivity contribution is 6.06. The van der Waals surface area contributed by atoms with Crippen molar-refractivity contribution in [2.24, 2.45) is 0 Å². The van der Waals surface area contributed by atoms with Crippen LogP contribution in [-0.4, -0.2) is 43.5 Å². The van der Waals surface area contributed by atoms with Gasteiger partial charge in [0.05, 0.1) is 12.7 Å². The highest BCUT2D eigenvalue weighted by Crippen LogP contribution is 2.31. The number of nitrogens with one attached hydrogen (secondary N) is 1. The van der Waals surface area contributed by atoms with Crippen LogP contribution in [0.1, 0.15) is 51.1 Å². The molecule has 2 aliphatic heterocycles. The van der Waals surface area contributed by atoms with E-state index < -0.39 is 0 Å². The van der Waals surface area contributed by atoms with Crippen LogP contribution in [0.4, 0.5) is 11.4 Å². The molecule has 1 N–H and O–H groups in total. The average molecular weight is 470 g/mol. The lowest BCUT2D eigenvalue weighted by Gasteiger charge is -2.34. The number of carbonyl (C=O) groups excluding carboxylic acids is 2. The Labute approximate surface area is 206 Å². The summed E-state index contributed by atoms with van der Waals surface area (Å²) in [7, 11) is 1.60. The van der Waals surface area contributed by atoms with Gasteiger partial charge in [-0.1, -0.05) is 24.3 Å². The van der Waals surface area contributed by atoms with Crippen molar-refractivity contribution in [2.75, 3.05) is 37.0 Å².